The van der Waals surface area contributed by atoms with Crippen LogP contribution >= 0.6 is 0 Å². The Morgan fingerprint density at radius 2 is 2.00 bits per heavy atom. The van der Waals surface area contributed by atoms with Crippen LogP contribution in [0.3, 0.4) is 0 Å². The molecule has 0 aliphatic carbocycles. The summed E-state index contributed by atoms with van der Waals surface area (Å²) in [6, 6.07) is 11.3. The second-order valence-corrected chi connectivity index (χ2v) is 5.23. The van der Waals surface area contributed by atoms with Crippen molar-refractivity contribution in [3.8, 4) is 11.5 Å². The summed E-state index contributed by atoms with van der Waals surface area (Å²) in [5.74, 6) is 1.28. The van der Waals surface area contributed by atoms with Crippen LogP contribution in [0.4, 0.5) is 0 Å². The smallest absolute Gasteiger partial charge is 0.289 e. The molecule has 0 aliphatic rings. The quantitative estimate of drug-likeness (QED) is 0.783. The molecule has 2 heterocycles. The molecule has 1 N–H and O–H groups in total. The number of hydrogen-bond donors (Lipinski definition) is 1. The number of nitrogens with one attached hydrogen (secondary N) is 1. The summed E-state index contributed by atoms with van der Waals surface area (Å²) < 4.78 is 10.6. The predicted octanol–water partition coefficient (Wildman–Crippen LogP) is 2.92. The fourth-order valence-electron chi connectivity index (χ4n) is 2.22. The van der Waals surface area contributed by atoms with Gasteiger partial charge in [-0.25, -0.2) is 4.98 Å². The van der Waals surface area contributed by atoms with Gasteiger partial charge in [0.2, 0.25) is 11.7 Å². The molecule has 2 aromatic heterocycles. The topological polar surface area (TPSA) is 81.2 Å². The van der Waals surface area contributed by atoms with Crippen LogP contribution in [-0.4, -0.2) is 22.6 Å². The van der Waals surface area contributed by atoms with Gasteiger partial charge in [-0.15, -0.1) is 0 Å². The van der Waals surface area contributed by atoms with Gasteiger partial charge in [-0.1, -0.05) is 23.4 Å². The summed E-state index contributed by atoms with van der Waals surface area (Å²) in [7, 11) is 0. The van der Waals surface area contributed by atoms with Gasteiger partial charge in [0.1, 0.15) is 5.76 Å². The highest BCUT2D eigenvalue weighted by molar-refractivity contribution is 5.91. The average molecular weight is 311 g/mol. The van der Waals surface area contributed by atoms with E-state index in [1.807, 2.05) is 37.3 Å². The summed E-state index contributed by atoms with van der Waals surface area (Å²) in [6.45, 7) is 4.08. The van der Waals surface area contributed by atoms with Crippen molar-refractivity contribution < 1.29 is 13.7 Å². The molecule has 0 unspecified atom stereocenters. The molecule has 0 saturated carbocycles. The van der Waals surface area contributed by atoms with Crippen LogP contribution in [-0.2, 0) is 6.42 Å². The van der Waals surface area contributed by atoms with Crippen LogP contribution in [0, 0.1) is 13.8 Å². The average Bonchev–Trinajstić information content (AvgIpc) is 3.15. The Morgan fingerprint density at radius 1 is 1.22 bits per heavy atom. The molecule has 6 nitrogen and oxygen atoms in total. The Bertz CT molecular complexity index is 806. The van der Waals surface area contributed by atoms with Crippen LogP contribution in [0.1, 0.15) is 27.7 Å². The molecule has 1 amide bonds. The van der Waals surface area contributed by atoms with Gasteiger partial charge in [-0.3, -0.25) is 4.79 Å². The third kappa shape index (κ3) is 3.48. The first-order valence-electron chi connectivity index (χ1n) is 7.37. The number of carbonyl (C=O) groups excluding carboxylic acids is 1. The number of aromatic nitrogens is 2. The lowest BCUT2D eigenvalue weighted by Gasteiger charge is -2.00. The van der Waals surface area contributed by atoms with Crippen LogP contribution in [0.5, 0.6) is 0 Å². The summed E-state index contributed by atoms with van der Waals surface area (Å²) in [6.07, 6.45) is 0.584. The van der Waals surface area contributed by atoms with Gasteiger partial charge in [-0.2, -0.15) is 0 Å². The third-order valence-electron chi connectivity index (χ3n) is 3.41. The van der Waals surface area contributed by atoms with E-state index in [-0.39, 0.29) is 11.7 Å². The van der Waals surface area contributed by atoms with Gasteiger partial charge < -0.3 is 14.3 Å². The molecule has 1 aromatic carbocycles. The minimum absolute atomic E-state index is 0.212. The molecule has 0 radical (unpaired) electrons. The lowest BCUT2D eigenvalue weighted by Crippen LogP contribution is -2.25. The Kier molecular flexibility index (Phi) is 4.23. The molecule has 0 fully saturated rings. The van der Waals surface area contributed by atoms with Crippen molar-refractivity contribution in [2.75, 3.05) is 6.54 Å². The molecule has 118 valence electrons. The van der Waals surface area contributed by atoms with Crippen molar-refractivity contribution in [1.82, 2.24) is 15.5 Å². The maximum absolute atomic E-state index is 11.9. The van der Waals surface area contributed by atoms with Crippen molar-refractivity contribution in [2.45, 2.75) is 20.3 Å². The van der Waals surface area contributed by atoms with E-state index in [4.69, 9.17) is 8.94 Å². The van der Waals surface area contributed by atoms with Crippen LogP contribution in [0.2, 0.25) is 0 Å². The summed E-state index contributed by atoms with van der Waals surface area (Å²) in [5.41, 5.74) is 2.44. The number of nitrogens with zero attached hydrogens (tertiary/aromatic N) is 2. The first-order valence-corrected chi connectivity index (χ1v) is 7.37. The highest BCUT2D eigenvalue weighted by Crippen LogP contribution is 2.21. The zero-order chi connectivity index (χ0) is 16.2. The molecule has 0 aliphatic heterocycles. The summed E-state index contributed by atoms with van der Waals surface area (Å²) in [4.78, 5) is 16.4. The maximum Gasteiger partial charge on any atom is 0.289 e. The van der Waals surface area contributed by atoms with E-state index in [9.17, 15) is 4.79 Å². The molecular weight excluding hydrogens is 294 g/mol. The normalized spacial score (nSPS) is 10.7. The van der Waals surface area contributed by atoms with E-state index in [1.54, 1.807) is 13.0 Å². The lowest BCUT2D eigenvalue weighted by molar-refractivity contribution is 0.0917. The second-order valence-electron chi connectivity index (χ2n) is 5.23. The van der Waals surface area contributed by atoms with Crippen LogP contribution in [0.25, 0.3) is 11.5 Å². The SMILES string of the molecule is Cc1cc(C(=O)NCCc2nc(-c3ccccc3)oc2C)on1. The first-order chi connectivity index (χ1) is 11.1. The van der Waals surface area contributed by atoms with Gasteiger partial charge >= 0.3 is 0 Å². The van der Waals surface area contributed by atoms with E-state index in [0.717, 1.165) is 17.0 Å². The summed E-state index contributed by atoms with van der Waals surface area (Å²) in [5, 5.41) is 6.47. The first kappa shape index (κ1) is 15.0. The summed E-state index contributed by atoms with van der Waals surface area (Å²) >= 11 is 0. The fraction of sp³-hybridized carbons (Fsp3) is 0.235. The fourth-order valence-corrected chi connectivity index (χ4v) is 2.22. The van der Waals surface area contributed by atoms with Gasteiger partial charge in [0.15, 0.2) is 0 Å². The predicted molar refractivity (Wildman–Crippen MR) is 84.0 cm³/mol. The highest BCUT2D eigenvalue weighted by atomic mass is 16.5. The lowest BCUT2D eigenvalue weighted by atomic mass is 10.2. The molecule has 0 spiro atoms. The Morgan fingerprint density at radius 3 is 2.70 bits per heavy atom. The van der Waals surface area contributed by atoms with Crippen LogP contribution < -0.4 is 5.32 Å². The van der Waals surface area contributed by atoms with Gasteiger partial charge in [0.05, 0.1) is 11.4 Å². The number of hydrogen-bond acceptors (Lipinski definition) is 5. The number of rotatable bonds is 5. The molecule has 3 rings (SSSR count). The van der Waals surface area contributed by atoms with E-state index in [2.05, 4.69) is 15.5 Å². The van der Waals surface area contributed by atoms with Crippen molar-refractivity contribution >= 4 is 5.91 Å². The maximum atomic E-state index is 11.9. The minimum Gasteiger partial charge on any atom is -0.441 e. The minimum atomic E-state index is -0.282. The zero-order valence-corrected chi connectivity index (χ0v) is 13.0. The molecule has 0 bridgehead atoms. The number of benzene rings is 1. The Labute approximate surface area is 133 Å². The van der Waals surface area contributed by atoms with Crippen molar-refractivity contribution in [3.63, 3.8) is 0 Å². The monoisotopic (exact) mass is 311 g/mol. The standard InChI is InChI=1S/C17H17N3O3/c1-11-10-15(23-20-11)16(21)18-9-8-14-12(2)22-17(19-14)13-6-4-3-5-7-13/h3-7,10H,8-9H2,1-2H3,(H,18,21). The Hall–Kier alpha value is -2.89. The van der Waals surface area contributed by atoms with Crippen molar-refractivity contribution in [1.29, 1.82) is 0 Å². The van der Waals surface area contributed by atoms with Crippen LogP contribution in [0.15, 0.2) is 45.3 Å². The van der Waals surface area contributed by atoms with E-state index >= 15 is 0 Å². The van der Waals surface area contributed by atoms with Crippen molar-refractivity contribution in [3.05, 3.63) is 59.3 Å². The largest absolute Gasteiger partial charge is 0.441 e. The van der Waals surface area contributed by atoms with Gasteiger partial charge in [0, 0.05) is 24.6 Å². The molecule has 0 atom stereocenters. The zero-order valence-electron chi connectivity index (χ0n) is 13.0. The molecule has 6 heteroatoms. The number of carbonyl (C=O) groups is 1. The van der Waals surface area contributed by atoms with E-state index in [1.165, 1.54) is 0 Å². The van der Waals surface area contributed by atoms with Crippen molar-refractivity contribution in [2.24, 2.45) is 0 Å². The number of amides is 1. The molecule has 23 heavy (non-hydrogen) atoms. The number of aryl methyl sites for hydroxylation is 2. The van der Waals surface area contributed by atoms with E-state index < -0.39 is 0 Å². The number of oxazole rings is 1. The molecular formula is C17H17N3O3. The highest BCUT2D eigenvalue weighted by Gasteiger charge is 2.13. The molecule has 3 aromatic rings. The Balaban J connectivity index is 1.61. The van der Waals surface area contributed by atoms with E-state index in [0.29, 0.717) is 24.6 Å². The second kappa shape index (κ2) is 6.48. The van der Waals surface area contributed by atoms with Gasteiger partial charge in [0.25, 0.3) is 5.91 Å². The molecule has 0 saturated heterocycles. The van der Waals surface area contributed by atoms with Gasteiger partial charge in [-0.05, 0) is 26.0 Å². The third-order valence-corrected chi connectivity index (χ3v) is 3.41.